The molecule has 0 radical (unpaired) electrons. The third kappa shape index (κ3) is 3.17. The fourth-order valence-corrected chi connectivity index (χ4v) is 2.83. The lowest BCUT2D eigenvalue weighted by Gasteiger charge is -2.08. The summed E-state index contributed by atoms with van der Waals surface area (Å²) in [6.45, 7) is 0. The molecule has 0 saturated heterocycles. The first-order valence-corrected chi connectivity index (χ1v) is 7.56. The van der Waals surface area contributed by atoms with E-state index >= 15 is 0 Å². The van der Waals surface area contributed by atoms with E-state index < -0.39 is 5.38 Å². The van der Waals surface area contributed by atoms with E-state index in [1.165, 1.54) is 12.1 Å². The lowest BCUT2D eigenvalue weighted by molar-refractivity contribution is 0.625. The molecule has 2 aromatic carbocycles. The van der Waals surface area contributed by atoms with Gasteiger partial charge in [-0.2, -0.15) is 5.10 Å². The van der Waals surface area contributed by atoms with Gasteiger partial charge < -0.3 is 0 Å². The van der Waals surface area contributed by atoms with Crippen LogP contribution < -0.4 is 0 Å². The molecule has 21 heavy (non-hydrogen) atoms. The predicted molar refractivity (Wildman–Crippen MR) is 85.4 cm³/mol. The second-order valence-electron chi connectivity index (χ2n) is 4.62. The van der Waals surface area contributed by atoms with Crippen LogP contribution in [0.2, 0.25) is 0 Å². The highest BCUT2D eigenvalue weighted by Crippen LogP contribution is 2.31. The number of hydrogen-bond donors (Lipinski definition) is 0. The van der Waals surface area contributed by atoms with Crippen LogP contribution in [0.15, 0.2) is 65.4 Å². The highest BCUT2D eigenvalue weighted by Gasteiger charge is 2.15. The van der Waals surface area contributed by atoms with Gasteiger partial charge in [-0.1, -0.05) is 34.1 Å². The van der Waals surface area contributed by atoms with Gasteiger partial charge in [-0.05, 0) is 35.9 Å². The number of halogens is 3. The van der Waals surface area contributed by atoms with Gasteiger partial charge in [-0.3, -0.25) is 0 Å². The van der Waals surface area contributed by atoms with Crippen molar-refractivity contribution in [1.29, 1.82) is 0 Å². The second kappa shape index (κ2) is 6.00. The van der Waals surface area contributed by atoms with Gasteiger partial charge in [0.25, 0.3) is 0 Å². The van der Waals surface area contributed by atoms with Gasteiger partial charge in [0, 0.05) is 16.2 Å². The van der Waals surface area contributed by atoms with Crippen molar-refractivity contribution in [1.82, 2.24) is 9.78 Å². The normalized spacial score (nSPS) is 12.3. The zero-order chi connectivity index (χ0) is 14.8. The Bertz CT molecular complexity index is 738. The molecule has 5 heteroatoms. The molecule has 0 N–H and O–H groups in total. The Morgan fingerprint density at radius 3 is 2.57 bits per heavy atom. The number of rotatable bonds is 3. The molecule has 1 unspecified atom stereocenters. The van der Waals surface area contributed by atoms with E-state index in [1.54, 1.807) is 16.9 Å². The molecule has 0 aliphatic heterocycles. The largest absolute Gasteiger partial charge is 0.241 e. The maximum Gasteiger partial charge on any atom is 0.124 e. The van der Waals surface area contributed by atoms with Gasteiger partial charge in [0.1, 0.15) is 5.82 Å². The maximum atomic E-state index is 13.5. The van der Waals surface area contributed by atoms with Crippen LogP contribution in [0.25, 0.3) is 5.69 Å². The molecule has 106 valence electrons. The van der Waals surface area contributed by atoms with Crippen LogP contribution in [0.1, 0.15) is 16.5 Å². The third-order valence-electron chi connectivity index (χ3n) is 3.09. The molecule has 3 rings (SSSR count). The van der Waals surface area contributed by atoms with Crippen molar-refractivity contribution >= 4 is 27.5 Å². The number of hydrogen-bond acceptors (Lipinski definition) is 1. The van der Waals surface area contributed by atoms with Crippen molar-refractivity contribution in [3.63, 3.8) is 0 Å². The highest BCUT2D eigenvalue weighted by atomic mass is 79.9. The molecule has 1 aromatic heterocycles. The quantitative estimate of drug-likeness (QED) is 0.590. The minimum atomic E-state index is -0.450. The Kier molecular flexibility index (Phi) is 4.08. The first kappa shape index (κ1) is 14.3. The van der Waals surface area contributed by atoms with E-state index in [0.717, 1.165) is 11.3 Å². The fraction of sp³-hybridized carbons (Fsp3) is 0.0625. The molecule has 2 nitrogen and oxygen atoms in total. The molecule has 0 spiro atoms. The van der Waals surface area contributed by atoms with Crippen molar-refractivity contribution in [2.75, 3.05) is 0 Å². The number of para-hydroxylation sites is 1. The van der Waals surface area contributed by atoms with Crippen LogP contribution in [-0.4, -0.2) is 9.78 Å². The summed E-state index contributed by atoms with van der Waals surface area (Å²) in [5, 5.41) is 3.86. The van der Waals surface area contributed by atoms with Crippen molar-refractivity contribution < 1.29 is 4.39 Å². The van der Waals surface area contributed by atoms with E-state index in [4.69, 9.17) is 11.6 Å². The minimum Gasteiger partial charge on any atom is -0.241 e. The molecule has 1 heterocycles. The Hall–Kier alpha value is -1.65. The highest BCUT2D eigenvalue weighted by molar-refractivity contribution is 9.10. The first-order valence-electron chi connectivity index (χ1n) is 6.33. The summed E-state index contributed by atoms with van der Waals surface area (Å²) in [6.07, 6.45) is 3.55. The zero-order valence-electron chi connectivity index (χ0n) is 10.9. The standard InChI is InChI=1S/C16H11BrClFN2/c17-13-6-11(7-14(19)8-13)16(18)12-9-20-21(10-12)15-4-2-1-3-5-15/h1-10,16H. The maximum absolute atomic E-state index is 13.5. The molecule has 0 aliphatic rings. The van der Waals surface area contributed by atoms with Gasteiger partial charge in [0.05, 0.1) is 17.3 Å². The molecule has 1 atom stereocenters. The second-order valence-corrected chi connectivity index (χ2v) is 5.97. The van der Waals surface area contributed by atoms with E-state index in [-0.39, 0.29) is 5.82 Å². The Balaban J connectivity index is 1.92. The molecule has 0 aliphatic carbocycles. The summed E-state index contributed by atoms with van der Waals surface area (Å²) in [7, 11) is 0. The minimum absolute atomic E-state index is 0.319. The van der Waals surface area contributed by atoms with Crippen molar-refractivity contribution in [2.24, 2.45) is 0 Å². The summed E-state index contributed by atoms with van der Waals surface area (Å²) in [6, 6.07) is 14.4. The van der Waals surface area contributed by atoms with Crippen molar-refractivity contribution in [2.45, 2.75) is 5.38 Å². The van der Waals surface area contributed by atoms with Crippen LogP contribution in [0, 0.1) is 5.82 Å². The predicted octanol–water partition coefficient (Wildman–Crippen LogP) is 5.10. The molecule has 0 saturated carbocycles. The summed E-state index contributed by atoms with van der Waals surface area (Å²) in [5.74, 6) is -0.319. The molecule has 0 fully saturated rings. The average Bonchev–Trinajstić information content (AvgIpc) is 2.96. The molecular weight excluding hydrogens is 355 g/mol. The van der Waals surface area contributed by atoms with Crippen LogP contribution >= 0.6 is 27.5 Å². The topological polar surface area (TPSA) is 17.8 Å². The first-order chi connectivity index (χ1) is 10.1. The van der Waals surface area contributed by atoms with Crippen molar-refractivity contribution in [3.05, 3.63) is 82.3 Å². The lowest BCUT2D eigenvalue weighted by atomic mass is 10.1. The molecule has 3 aromatic rings. The SMILES string of the molecule is Fc1cc(Br)cc(C(Cl)c2cnn(-c3ccccc3)c2)c1. The summed E-state index contributed by atoms with van der Waals surface area (Å²) < 4.78 is 15.9. The van der Waals surface area contributed by atoms with Crippen molar-refractivity contribution in [3.8, 4) is 5.69 Å². The monoisotopic (exact) mass is 364 g/mol. The Morgan fingerprint density at radius 2 is 1.86 bits per heavy atom. The Labute approximate surface area is 135 Å². The van der Waals surface area contributed by atoms with Gasteiger partial charge in [-0.25, -0.2) is 9.07 Å². The van der Waals surface area contributed by atoms with Crippen LogP contribution in [0.5, 0.6) is 0 Å². The number of aromatic nitrogens is 2. The van der Waals surface area contributed by atoms with E-state index in [9.17, 15) is 4.39 Å². The average molecular weight is 366 g/mol. The molecular formula is C16H11BrClFN2. The van der Waals surface area contributed by atoms with Gasteiger partial charge in [0.2, 0.25) is 0 Å². The summed E-state index contributed by atoms with van der Waals surface area (Å²) in [5.41, 5.74) is 2.46. The van der Waals surface area contributed by atoms with Gasteiger partial charge in [0.15, 0.2) is 0 Å². The van der Waals surface area contributed by atoms with Gasteiger partial charge in [-0.15, -0.1) is 11.6 Å². The fourth-order valence-electron chi connectivity index (χ4n) is 2.10. The van der Waals surface area contributed by atoms with Gasteiger partial charge >= 0.3 is 0 Å². The number of alkyl halides is 1. The summed E-state index contributed by atoms with van der Waals surface area (Å²) in [4.78, 5) is 0. The Morgan fingerprint density at radius 1 is 1.10 bits per heavy atom. The lowest BCUT2D eigenvalue weighted by Crippen LogP contribution is -1.95. The van der Waals surface area contributed by atoms with E-state index in [2.05, 4.69) is 21.0 Å². The zero-order valence-corrected chi connectivity index (χ0v) is 13.2. The number of benzene rings is 2. The molecule has 0 bridgehead atoms. The van der Waals surface area contributed by atoms with Crippen LogP contribution in [0.3, 0.4) is 0 Å². The summed E-state index contributed by atoms with van der Waals surface area (Å²) >= 11 is 9.71. The molecule has 0 amide bonds. The smallest absolute Gasteiger partial charge is 0.124 e. The third-order valence-corrected chi connectivity index (χ3v) is 4.06. The number of nitrogens with zero attached hydrogens (tertiary/aromatic N) is 2. The van der Waals surface area contributed by atoms with Crippen LogP contribution in [0.4, 0.5) is 4.39 Å². The van der Waals surface area contributed by atoms with E-state index in [1.807, 2.05) is 36.5 Å². The van der Waals surface area contributed by atoms with E-state index in [0.29, 0.717) is 10.0 Å². The van der Waals surface area contributed by atoms with Crippen LogP contribution in [-0.2, 0) is 0 Å².